The van der Waals surface area contributed by atoms with Crippen molar-refractivity contribution in [3.05, 3.63) is 72.7 Å². The lowest BCUT2D eigenvalue weighted by atomic mass is 9.95. The predicted octanol–water partition coefficient (Wildman–Crippen LogP) is 8.19. The van der Waals surface area contributed by atoms with Crippen LogP contribution in [0.15, 0.2) is 76.7 Å². The average molecular weight is 572 g/mol. The Morgan fingerprint density at radius 2 is 1.47 bits per heavy atom. The van der Waals surface area contributed by atoms with Crippen molar-refractivity contribution in [3.8, 4) is 11.1 Å². The molecule has 13 heteroatoms. The summed E-state index contributed by atoms with van der Waals surface area (Å²) in [5.41, 5.74) is 2.89. The fourth-order valence-corrected chi connectivity index (χ4v) is 7.31. The molecule has 0 bridgehead atoms. The number of aryl methyl sites for hydroxylation is 1. The summed E-state index contributed by atoms with van der Waals surface area (Å²) in [5.74, 6) is 0.763. The highest BCUT2D eigenvalue weighted by molar-refractivity contribution is 8.45. The first-order valence-electron chi connectivity index (χ1n) is 11.9. The van der Waals surface area contributed by atoms with Gasteiger partial charge in [0.15, 0.2) is 5.65 Å². The van der Waals surface area contributed by atoms with Crippen molar-refractivity contribution in [2.45, 2.75) is 53.7 Å². The fourth-order valence-electron chi connectivity index (χ4n) is 4.80. The minimum absolute atomic E-state index is 0.120. The number of nitrogens with zero attached hydrogens (tertiary/aromatic N) is 3. The Morgan fingerprint density at radius 3 is 2.08 bits per heavy atom. The third-order valence-corrected chi connectivity index (χ3v) is 10.5. The standard InChI is InChI=1S/C25H26F5N5OS2/c1-17-33-34-25-15-4-19(16-35(17)25)18-2-9-22(10-3-18)37(31,36)23-11-5-20(6-12-23)32-21-7-13-24(14-8-21)38(26,27,28,29)30/h2-4,7-10,13-16,20,23,31-32H,5-6,11-12H2,1H3. The molecule has 1 atom stereocenters. The van der Waals surface area contributed by atoms with Gasteiger partial charge in [-0.25, -0.2) is 8.99 Å². The van der Waals surface area contributed by atoms with E-state index in [0.29, 0.717) is 48.4 Å². The summed E-state index contributed by atoms with van der Waals surface area (Å²) in [7, 11) is -12.8. The number of anilines is 1. The molecule has 1 unspecified atom stereocenters. The van der Waals surface area contributed by atoms with Crippen molar-refractivity contribution in [3.63, 3.8) is 0 Å². The number of nitrogens with one attached hydrogen (secondary N) is 2. The van der Waals surface area contributed by atoms with Crippen LogP contribution in [0.1, 0.15) is 31.5 Å². The lowest BCUT2D eigenvalue weighted by Gasteiger charge is -2.40. The highest BCUT2D eigenvalue weighted by Crippen LogP contribution is 3.02. The van der Waals surface area contributed by atoms with E-state index in [4.69, 9.17) is 4.78 Å². The van der Waals surface area contributed by atoms with E-state index < -0.39 is 24.8 Å². The van der Waals surface area contributed by atoms with Crippen LogP contribution in [0.3, 0.4) is 0 Å². The Bertz CT molecular complexity index is 1600. The molecular weight excluding hydrogens is 545 g/mol. The Hall–Kier alpha value is -3.19. The van der Waals surface area contributed by atoms with Crippen molar-refractivity contribution in [1.82, 2.24) is 14.6 Å². The third kappa shape index (κ3) is 5.35. The van der Waals surface area contributed by atoms with Gasteiger partial charge in [0.05, 0.1) is 9.73 Å². The Labute approximate surface area is 217 Å². The second kappa shape index (κ2) is 8.40. The van der Waals surface area contributed by atoms with E-state index in [9.17, 15) is 23.6 Å². The van der Waals surface area contributed by atoms with Crippen LogP contribution in [0, 0.1) is 11.7 Å². The van der Waals surface area contributed by atoms with E-state index >= 15 is 0 Å². The minimum Gasteiger partial charge on any atom is -0.382 e. The molecule has 4 aromatic rings. The van der Waals surface area contributed by atoms with E-state index in [2.05, 4.69) is 15.5 Å². The van der Waals surface area contributed by atoms with Gasteiger partial charge in [0.2, 0.25) is 0 Å². The zero-order valence-corrected chi connectivity index (χ0v) is 21.9. The fraction of sp³-hybridized carbons (Fsp3) is 0.280. The van der Waals surface area contributed by atoms with E-state index in [0.717, 1.165) is 34.7 Å². The summed E-state index contributed by atoms with van der Waals surface area (Å²) < 4.78 is 88.7. The first kappa shape index (κ1) is 26.4. The molecule has 2 N–H and O–H groups in total. The van der Waals surface area contributed by atoms with E-state index in [1.807, 2.05) is 41.8 Å². The molecule has 1 fully saturated rings. The molecule has 1 aliphatic carbocycles. The molecule has 38 heavy (non-hydrogen) atoms. The third-order valence-electron chi connectivity index (χ3n) is 6.92. The van der Waals surface area contributed by atoms with Crippen LogP contribution in [-0.4, -0.2) is 30.1 Å². The molecule has 6 nitrogen and oxygen atoms in total. The van der Waals surface area contributed by atoms with Crippen LogP contribution in [0.25, 0.3) is 16.8 Å². The Kier molecular flexibility index (Phi) is 5.84. The number of aromatic nitrogens is 3. The molecule has 1 saturated carbocycles. The van der Waals surface area contributed by atoms with Gasteiger partial charge in [-0.05, 0) is 92.3 Å². The summed E-state index contributed by atoms with van der Waals surface area (Å²) in [6, 6.07) is 13.6. The quantitative estimate of drug-likeness (QED) is 0.229. The van der Waals surface area contributed by atoms with Gasteiger partial charge in [0, 0.05) is 28.1 Å². The van der Waals surface area contributed by atoms with E-state index in [-0.39, 0.29) is 11.3 Å². The van der Waals surface area contributed by atoms with Crippen LogP contribution in [0.4, 0.5) is 25.1 Å². The number of benzene rings is 2. The Morgan fingerprint density at radius 1 is 0.868 bits per heavy atom. The molecule has 0 amide bonds. The highest BCUT2D eigenvalue weighted by Gasteiger charge is 2.65. The number of pyridine rings is 1. The topological polar surface area (TPSA) is 83.1 Å². The first-order chi connectivity index (χ1) is 17.6. The molecule has 0 saturated heterocycles. The van der Waals surface area contributed by atoms with E-state index in [1.165, 1.54) is 0 Å². The minimum atomic E-state index is -9.70. The van der Waals surface area contributed by atoms with Crippen molar-refractivity contribution in [1.29, 1.82) is 4.78 Å². The summed E-state index contributed by atoms with van der Waals surface area (Å²) in [4.78, 5) is -1.47. The molecule has 0 aliphatic heterocycles. The maximum absolute atomic E-state index is 13.5. The summed E-state index contributed by atoms with van der Waals surface area (Å²) in [6.07, 6.45) is 4.03. The zero-order chi connectivity index (χ0) is 27.4. The lowest BCUT2D eigenvalue weighted by Crippen LogP contribution is -2.32. The number of fused-ring (bicyclic) bond motifs is 1. The van der Waals surface area contributed by atoms with Gasteiger partial charge in [-0.1, -0.05) is 31.6 Å². The van der Waals surface area contributed by atoms with Gasteiger partial charge in [-0.2, -0.15) is 0 Å². The number of hydrogen-bond donors (Lipinski definition) is 2. The molecule has 5 rings (SSSR count). The Balaban J connectivity index is 1.23. The molecule has 2 heterocycles. The second-order valence-electron chi connectivity index (χ2n) is 9.63. The number of halogens is 5. The monoisotopic (exact) mass is 571 g/mol. The average Bonchev–Trinajstić information content (AvgIpc) is 3.23. The maximum Gasteiger partial charge on any atom is 0.310 e. The van der Waals surface area contributed by atoms with E-state index in [1.54, 1.807) is 12.1 Å². The molecule has 2 aromatic carbocycles. The van der Waals surface area contributed by atoms with Crippen molar-refractivity contribution < 1.29 is 23.6 Å². The normalized spacial score (nSPS) is 21.8. The largest absolute Gasteiger partial charge is 0.382 e. The predicted molar refractivity (Wildman–Crippen MR) is 140 cm³/mol. The molecule has 204 valence electrons. The molecule has 1 aliphatic rings. The van der Waals surface area contributed by atoms with Crippen LogP contribution < -0.4 is 5.32 Å². The van der Waals surface area contributed by atoms with Gasteiger partial charge in [0.25, 0.3) is 0 Å². The van der Waals surface area contributed by atoms with Gasteiger partial charge in [0.1, 0.15) is 10.7 Å². The van der Waals surface area contributed by atoms with Crippen LogP contribution in [-0.2, 0) is 9.73 Å². The van der Waals surface area contributed by atoms with Crippen molar-refractivity contribution >= 4 is 31.3 Å². The molecular formula is C25H26F5N5OS2. The molecule has 0 radical (unpaired) electrons. The van der Waals surface area contributed by atoms with Crippen LogP contribution in [0.2, 0.25) is 0 Å². The number of rotatable bonds is 6. The second-order valence-corrected chi connectivity index (χ2v) is 14.4. The van der Waals surface area contributed by atoms with Crippen molar-refractivity contribution in [2.24, 2.45) is 0 Å². The van der Waals surface area contributed by atoms with Crippen LogP contribution >= 0.6 is 10.2 Å². The summed E-state index contributed by atoms with van der Waals surface area (Å²) in [5, 5.41) is 10.8. The van der Waals surface area contributed by atoms with Gasteiger partial charge in [-0.15, -0.1) is 10.2 Å². The SMILES string of the molecule is Cc1nnc2ccc(-c3ccc(S(=N)(=O)C4CCC(Nc5ccc(S(F)(F)(F)(F)F)cc5)CC4)cc3)cn12. The smallest absolute Gasteiger partial charge is 0.310 e. The zero-order valence-electron chi connectivity index (χ0n) is 20.3. The van der Waals surface area contributed by atoms with Crippen molar-refractivity contribution in [2.75, 3.05) is 5.32 Å². The van der Waals surface area contributed by atoms with Crippen LogP contribution in [0.5, 0.6) is 0 Å². The van der Waals surface area contributed by atoms with Gasteiger partial charge in [-0.3, -0.25) is 4.40 Å². The lowest BCUT2D eigenvalue weighted by molar-refractivity contribution is 0.364. The molecule has 0 spiro atoms. The molecule has 2 aromatic heterocycles. The maximum atomic E-state index is 13.5. The number of hydrogen-bond acceptors (Lipinski definition) is 5. The van der Waals surface area contributed by atoms with Gasteiger partial charge < -0.3 is 5.32 Å². The summed E-state index contributed by atoms with van der Waals surface area (Å²) in [6.45, 7) is 1.86. The summed E-state index contributed by atoms with van der Waals surface area (Å²) >= 11 is 0. The highest BCUT2D eigenvalue weighted by atomic mass is 32.5. The van der Waals surface area contributed by atoms with Gasteiger partial charge >= 0.3 is 10.2 Å². The first-order valence-corrected chi connectivity index (χ1v) is 15.5.